The molecule has 0 aliphatic carbocycles. The number of rotatable bonds is 3. The minimum absolute atomic E-state index is 0.771. The normalized spacial score (nSPS) is 15.5. The van der Waals surface area contributed by atoms with E-state index in [4.69, 9.17) is 4.74 Å². The van der Waals surface area contributed by atoms with Gasteiger partial charge in [0.2, 0.25) is 5.95 Å². The van der Waals surface area contributed by atoms with E-state index in [1.165, 1.54) is 0 Å². The summed E-state index contributed by atoms with van der Waals surface area (Å²) in [7, 11) is 1.66. The Hall–Kier alpha value is -2.08. The molecular formula is C13H17N5O. The molecule has 0 unspecified atom stereocenters. The average Bonchev–Trinajstić information content (AvgIpc) is 2.98. The van der Waals surface area contributed by atoms with Gasteiger partial charge in [0, 0.05) is 31.7 Å². The van der Waals surface area contributed by atoms with E-state index in [0.29, 0.717) is 0 Å². The Labute approximate surface area is 111 Å². The lowest BCUT2D eigenvalue weighted by molar-refractivity contribution is 0.415. The van der Waals surface area contributed by atoms with Crippen LogP contribution in [0.1, 0.15) is 0 Å². The van der Waals surface area contributed by atoms with Crippen LogP contribution in [0.3, 0.4) is 0 Å². The number of hydrogen-bond donors (Lipinski definition) is 2. The molecule has 0 spiro atoms. The fraction of sp³-hybridized carbons (Fsp3) is 0.385. The van der Waals surface area contributed by atoms with Gasteiger partial charge in [-0.25, -0.2) is 0 Å². The van der Waals surface area contributed by atoms with Crippen LogP contribution in [0.5, 0.6) is 5.75 Å². The molecule has 6 nitrogen and oxygen atoms in total. The largest absolute Gasteiger partial charge is 0.497 e. The first-order chi connectivity index (χ1) is 9.36. The number of H-pyrrole nitrogens is 1. The van der Waals surface area contributed by atoms with Crippen molar-refractivity contribution in [2.24, 2.45) is 0 Å². The van der Waals surface area contributed by atoms with Gasteiger partial charge in [-0.3, -0.25) is 5.10 Å². The van der Waals surface area contributed by atoms with E-state index in [2.05, 4.69) is 25.4 Å². The molecule has 2 aromatic rings. The minimum atomic E-state index is 0.771. The van der Waals surface area contributed by atoms with Gasteiger partial charge in [-0.2, -0.15) is 4.98 Å². The van der Waals surface area contributed by atoms with Crippen molar-refractivity contribution in [1.29, 1.82) is 0 Å². The van der Waals surface area contributed by atoms with Crippen LogP contribution in [0.2, 0.25) is 0 Å². The van der Waals surface area contributed by atoms with Gasteiger partial charge in [0.25, 0.3) is 0 Å². The molecule has 1 aromatic heterocycles. The van der Waals surface area contributed by atoms with Crippen molar-refractivity contribution in [3.63, 3.8) is 0 Å². The standard InChI is InChI=1S/C13H17N5O/c1-19-11-4-2-10(3-5-11)12-15-13(17-16-12)18-8-6-14-7-9-18/h2-5,14H,6-9H2,1H3,(H,15,16,17). The smallest absolute Gasteiger partial charge is 0.245 e. The molecule has 1 saturated heterocycles. The fourth-order valence-electron chi connectivity index (χ4n) is 2.14. The first-order valence-electron chi connectivity index (χ1n) is 6.39. The van der Waals surface area contributed by atoms with Crippen LogP contribution in [-0.2, 0) is 0 Å². The van der Waals surface area contributed by atoms with Crippen molar-refractivity contribution in [2.75, 3.05) is 38.2 Å². The quantitative estimate of drug-likeness (QED) is 0.857. The van der Waals surface area contributed by atoms with Crippen LogP contribution in [0, 0.1) is 0 Å². The first kappa shape index (κ1) is 12.0. The Kier molecular flexibility index (Phi) is 3.33. The number of aromatic nitrogens is 3. The lowest BCUT2D eigenvalue weighted by Gasteiger charge is -2.25. The summed E-state index contributed by atoms with van der Waals surface area (Å²) in [4.78, 5) is 6.73. The molecule has 1 aliphatic rings. The van der Waals surface area contributed by atoms with Crippen molar-refractivity contribution < 1.29 is 4.74 Å². The molecule has 3 rings (SSSR count). The van der Waals surface area contributed by atoms with E-state index in [1.54, 1.807) is 7.11 Å². The number of methoxy groups -OCH3 is 1. The van der Waals surface area contributed by atoms with Gasteiger partial charge in [-0.15, -0.1) is 5.10 Å². The molecule has 0 amide bonds. The Morgan fingerprint density at radius 2 is 1.89 bits per heavy atom. The van der Waals surface area contributed by atoms with Crippen LogP contribution in [-0.4, -0.2) is 48.5 Å². The molecule has 0 bridgehead atoms. The number of nitrogens with one attached hydrogen (secondary N) is 2. The minimum Gasteiger partial charge on any atom is -0.497 e. The molecule has 1 aromatic carbocycles. The molecule has 0 atom stereocenters. The predicted octanol–water partition coefficient (Wildman–Crippen LogP) is 0.890. The van der Waals surface area contributed by atoms with Gasteiger partial charge in [0.05, 0.1) is 7.11 Å². The molecule has 1 aliphatic heterocycles. The number of aromatic amines is 1. The highest BCUT2D eigenvalue weighted by atomic mass is 16.5. The highest BCUT2D eigenvalue weighted by Gasteiger charge is 2.15. The van der Waals surface area contributed by atoms with E-state index in [9.17, 15) is 0 Å². The maximum absolute atomic E-state index is 5.14. The number of nitrogens with zero attached hydrogens (tertiary/aromatic N) is 3. The highest BCUT2D eigenvalue weighted by Crippen LogP contribution is 2.20. The number of piperazine rings is 1. The van der Waals surface area contributed by atoms with Crippen LogP contribution in [0.25, 0.3) is 11.4 Å². The van der Waals surface area contributed by atoms with Crippen molar-refractivity contribution in [3.05, 3.63) is 24.3 Å². The summed E-state index contributed by atoms with van der Waals surface area (Å²) >= 11 is 0. The zero-order chi connectivity index (χ0) is 13.1. The van der Waals surface area contributed by atoms with Gasteiger partial charge < -0.3 is 15.0 Å². The van der Waals surface area contributed by atoms with E-state index in [-0.39, 0.29) is 0 Å². The second kappa shape index (κ2) is 5.27. The fourth-order valence-corrected chi connectivity index (χ4v) is 2.14. The Morgan fingerprint density at radius 3 is 2.58 bits per heavy atom. The lowest BCUT2D eigenvalue weighted by Crippen LogP contribution is -2.44. The van der Waals surface area contributed by atoms with Gasteiger partial charge in [-0.1, -0.05) is 0 Å². The summed E-state index contributed by atoms with van der Waals surface area (Å²) < 4.78 is 5.14. The Balaban J connectivity index is 1.79. The summed E-state index contributed by atoms with van der Waals surface area (Å²) in [6, 6.07) is 7.78. The van der Waals surface area contributed by atoms with E-state index < -0.39 is 0 Å². The summed E-state index contributed by atoms with van der Waals surface area (Å²) in [6.07, 6.45) is 0. The van der Waals surface area contributed by atoms with E-state index >= 15 is 0 Å². The molecule has 6 heteroatoms. The monoisotopic (exact) mass is 259 g/mol. The highest BCUT2D eigenvalue weighted by molar-refractivity contribution is 5.57. The number of anilines is 1. The predicted molar refractivity (Wildman–Crippen MR) is 73.5 cm³/mol. The van der Waals surface area contributed by atoms with Crippen molar-refractivity contribution in [1.82, 2.24) is 20.5 Å². The molecule has 0 radical (unpaired) electrons. The number of benzene rings is 1. The maximum Gasteiger partial charge on any atom is 0.245 e. The summed E-state index contributed by atoms with van der Waals surface area (Å²) in [5, 5.41) is 10.6. The third kappa shape index (κ3) is 2.53. The molecule has 100 valence electrons. The molecule has 2 N–H and O–H groups in total. The van der Waals surface area contributed by atoms with Crippen LogP contribution in [0.15, 0.2) is 24.3 Å². The van der Waals surface area contributed by atoms with Crippen molar-refractivity contribution >= 4 is 5.95 Å². The van der Waals surface area contributed by atoms with Crippen LogP contribution in [0.4, 0.5) is 5.95 Å². The summed E-state index contributed by atoms with van der Waals surface area (Å²) in [5.74, 6) is 2.40. The maximum atomic E-state index is 5.14. The number of ether oxygens (including phenoxy) is 1. The van der Waals surface area contributed by atoms with Crippen LogP contribution < -0.4 is 15.0 Å². The first-order valence-corrected chi connectivity index (χ1v) is 6.39. The third-order valence-corrected chi connectivity index (χ3v) is 3.24. The van der Waals surface area contributed by atoms with Gasteiger partial charge >= 0.3 is 0 Å². The summed E-state index contributed by atoms with van der Waals surface area (Å²) in [6.45, 7) is 3.85. The molecule has 0 saturated carbocycles. The Morgan fingerprint density at radius 1 is 1.16 bits per heavy atom. The number of hydrogen-bond acceptors (Lipinski definition) is 5. The second-order valence-electron chi connectivity index (χ2n) is 4.45. The average molecular weight is 259 g/mol. The molecule has 1 fully saturated rings. The third-order valence-electron chi connectivity index (χ3n) is 3.24. The zero-order valence-electron chi connectivity index (χ0n) is 10.9. The van der Waals surface area contributed by atoms with Gasteiger partial charge in [0.15, 0.2) is 5.82 Å². The topological polar surface area (TPSA) is 66.1 Å². The van der Waals surface area contributed by atoms with Crippen molar-refractivity contribution in [3.8, 4) is 17.1 Å². The van der Waals surface area contributed by atoms with E-state index in [1.807, 2.05) is 24.3 Å². The Bertz CT molecular complexity index is 530. The van der Waals surface area contributed by atoms with Gasteiger partial charge in [0.1, 0.15) is 5.75 Å². The zero-order valence-corrected chi connectivity index (χ0v) is 10.9. The van der Waals surface area contributed by atoms with Crippen molar-refractivity contribution in [2.45, 2.75) is 0 Å². The summed E-state index contributed by atoms with van der Waals surface area (Å²) in [5.41, 5.74) is 1.01. The SMILES string of the molecule is COc1ccc(-c2nc(N3CCNCC3)n[nH]2)cc1. The molecular weight excluding hydrogens is 242 g/mol. The van der Waals surface area contributed by atoms with Crippen LogP contribution >= 0.6 is 0 Å². The lowest BCUT2D eigenvalue weighted by atomic mass is 10.2. The molecule has 19 heavy (non-hydrogen) atoms. The van der Waals surface area contributed by atoms with E-state index in [0.717, 1.165) is 49.3 Å². The van der Waals surface area contributed by atoms with Gasteiger partial charge in [-0.05, 0) is 24.3 Å². The second-order valence-corrected chi connectivity index (χ2v) is 4.45. The molecule has 2 heterocycles.